The fourth-order valence-electron chi connectivity index (χ4n) is 1.59. The Morgan fingerprint density at radius 3 is 2.17 bits per heavy atom. The minimum atomic E-state index is 0.724. The number of nitrogens with zero attached hydrogens (tertiary/aromatic N) is 2. The first kappa shape index (κ1) is 10.4. The minimum Gasteiger partial charge on any atom is -0.298 e. The summed E-state index contributed by atoms with van der Waals surface area (Å²) in [7, 11) is 0. The molecule has 0 N–H and O–H groups in total. The molecule has 1 fully saturated rings. The lowest BCUT2D eigenvalue weighted by Crippen LogP contribution is -2.48. The normalized spacial score (nSPS) is 22.0. The summed E-state index contributed by atoms with van der Waals surface area (Å²) >= 11 is 1.93. The molecule has 1 aliphatic rings. The molecule has 72 valence electrons. The van der Waals surface area contributed by atoms with Gasteiger partial charge in [-0.3, -0.25) is 9.80 Å². The largest absolute Gasteiger partial charge is 0.298 e. The molecule has 0 saturated carbocycles. The average molecular weight is 188 g/mol. The van der Waals surface area contributed by atoms with Gasteiger partial charge in [0, 0.05) is 38.1 Å². The Balaban J connectivity index is 2.20. The molecule has 1 aliphatic heterocycles. The van der Waals surface area contributed by atoms with Crippen LogP contribution in [0.2, 0.25) is 0 Å². The van der Waals surface area contributed by atoms with Gasteiger partial charge in [0.05, 0.1) is 0 Å². The molecule has 0 aromatic carbocycles. The molecule has 0 aromatic heterocycles. The number of thioether (sulfide) groups is 1. The first-order valence-corrected chi connectivity index (χ1v) is 6.08. The third-order valence-electron chi connectivity index (χ3n) is 2.45. The van der Waals surface area contributed by atoms with E-state index in [-0.39, 0.29) is 0 Å². The highest BCUT2D eigenvalue weighted by atomic mass is 32.2. The second-order valence-corrected chi connectivity index (χ2v) is 4.50. The van der Waals surface area contributed by atoms with Crippen LogP contribution in [0.1, 0.15) is 13.8 Å². The van der Waals surface area contributed by atoms with Crippen LogP contribution in [0, 0.1) is 0 Å². The molecule has 2 nitrogen and oxygen atoms in total. The van der Waals surface area contributed by atoms with Crippen LogP contribution in [0.15, 0.2) is 0 Å². The highest BCUT2D eigenvalue weighted by Gasteiger charge is 2.17. The zero-order chi connectivity index (χ0) is 8.97. The molecule has 1 rings (SSSR count). The minimum absolute atomic E-state index is 0.724. The van der Waals surface area contributed by atoms with Gasteiger partial charge in [-0.15, -0.1) is 11.8 Å². The van der Waals surface area contributed by atoms with Crippen molar-refractivity contribution in [3.8, 4) is 0 Å². The molecule has 0 aromatic rings. The van der Waals surface area contributed by atoms with Gasteiger partial charge in [0.1, 0.15) is 0 Å². The molecule has 0 aliphatic carbocycles. The standard InChI is InChI=1S/C9H20N2S/c1-9(2)11-6-4-10(5-7-11)8-12-3/h9H,4-8H2,1-3H3. The number of piperazine rings is 1. The zero-order valence-electron chi connectivity index (χ0n) is 8.42. The molecule has 0 atom stereocenters. The first-order valence-electron chi connectivity index (χ1n) is 4.69. The number of rotatable bonds is 3. The fourth-order valence-corrected chi connectivity index (χ4v) is 2.21. The van der Waals surface area contributed by atoms with Crippen molar-refractivity contribution in [3.63, 3.8) is 0 Å². The van der Waals surface area contributed by atoms with Gasteiger partial charge in [-0.1, -0.05) is 0 Å². The van der Waals surface area contributed by atoms with Crippen LogP contribution in [-0.2, 0) is 0 Å². The SMILES string of the molecule is CSCN1CCN(C(C)C)CC1. The van der Waals surface area contributed by atoms with Gasteiger partial charge in [0.2, 0.25) is 0 Å². The Morgan fingerprint density at radius 1 is 1.17 bits per heavy atom. The van der Waals surface area contributed by atoms with Gasteiger partial charge < -0.3 is 0 Å². The quantitative estimate of drug-likeness (QED) is 0.660. The van der Waals surface area contributed by atoms with Gasteiger partial charge in [-0.2, -0.15) is 0 Å². The maximum Gasteiger partial charge on any atom is 0.0442 e. The Labute approximate surface area is 80.3 Å². The number of hydrogen-bond donors (Lipinski definition) is 0. The summed E-state index contributed by atoms with van der Waals surface area (Å²) in [6.45, 7) is 9.56. The molecule has 0 bridgehead atoms. The van der Waals surface area contributed by atoms with Crippen molar-refractivity contribution in [1.29, 1.82) is 0 Å². The van der Waals surface area contributed by atoms with Crippen LogP contribution in [-0.4, -0.2) is 54.2 Å². The molecule has 1 heterocycles. The highest BCUT2D eigenvalue weighted by molar-refractivity contribution is 7.98. The van der Waals surface area contributed by atoms with Crippen LogP contribution >= 0.6 is 11.8 Å². The molecular formula is C9H20N2S. The van der Waals surface area contributed by atoms with Crippen molar-refractivity contribution in [2.24, 2.45) is 0 Å². The zero-order valence-corrected chi connectivity index (χ0v) is 9.23. The van der Waals surface area contributed by atoms with Crippen LogP contribution in [0.25, 0.3) is 0 Å². The van der Waals surface area contributed by atoms with E-state index in [1.807, 2.05) is 11.8 Å². The van der Waals surface area contributed by atoms with E-state index in [2.05, 4.69) is 29.9 Å². The lowest BCUT2D eigenvalue weighted by atomic mass is 10.2. The van der Waals surface area contributed by atoms with E-state index >= 15 is 0 Å². The monoisotopic (exact) mass is 188 g/mol. The second kappa shape index (κ2) is 5.10. The summed E-state index contributed by atoms with van der Waals surface area (Å²) in [5.41, 5.74) is 0. The predicted molar refractivity (Wildman–Crippen MR) is 56.7 cm³/mol. The smallest absolute Gasteiger partial charge is 0.0442 e. The maximum absolute atomic E-state index is 2.55. The van der Waals surface area contributed by atoms with Crippen molar-refractivity contribution in [2.45, 2.75) is 19.9 Å². The van der Waals surface area contributed by atoms with E-state index in [0.717, 1.165) is 6.04 Å². The lowest BCUT2D eigenvalue weighted by Gasteiger charge is -2.36. The maximum atomic E-state index is 2.55. The third kappa shape index (κ3) is 2.96. The molecule has 0 radical (unpaired) electrons. The Morgan fingerprint density at radius 2 is 1.75 bits per heavy atom. The molecule has 1 saturated heterocycles. The highest BCUT2D eigenvalue weighted by Crippen LogP contribution is 2.07. The van der Waals surface area contributed by atoms with Crippen LogP contribution in [0.4, 0.5) is 0 Å². The topological polar surface area (TPSA) is 6.48 Å². The van der Waals surface area contributed by atoms with Gasteiger partial charge in [0.25, 0.3) is 0 Å². The molecule has 0 unspecified atom stereocenters. The second-order valence-electron chi connectivity index (χ2n) is 3.67. The summed E-state index contributed by atoms with van der Waals surface area (Å²) in [5, 5.41) is 0. The van der Waals surface area contributed by atoms with Crippen LogP contribution in [0.5, 0.6) is 0 Å². The Hall–Kier alpha value is 0.270. The average Bonchev–Trinajstić information content (AvgIpc) is 2.06. The van der Waals surface area contributed by atoms with Gasteiger partial charge >= 0.3 is 0 Å². The van der Waals surface area contributed by atoms with Gasteiger partial charge in [0.15, 0.2) is 0 Å². The number of hydrogen-bond acceptors (Lipinski definition) is 3. The Kier molecular flexibility index (Phi) is 4.40. The van der Waals surface area contributed by atoms with Crippen LogP contribution in [0.3, 0.4) is 0 Å². The van der Waals surface area contributed by atoms with E-state index in [4.69, 9.17) is 0 Å². The van der Waals surface area contributed by atoms with Gasteiger partial charge in [-0.05, 0) is 20.1 Å². The van der Waals surface area contributed by atoms with E-state index in [1.165, 1.54) is 32.1 Å². The van der Waals surface area contributed by atoms with Gasteiger partial charge in [-0.25, -0.2) is 0 Å². The fraction of sp³-hybridized carbons (Fsp3) is 1.00. The van der Waals surface area contributed by atoms with E-state index in [1.54, 1.807) is 0 Å². The van der Waals surface area contributed by atoms with Crippen LogP contribution < -0.4 is 0 Å². The lowest BCUT2D eigenvalue weighted by molar-refractivity contribution is 0.122. The van der Waals surface area contributed by atoms with Crippen molar-refractivity contribution < 1.29 is 0 Å². The van der Waals surface area contributed by atoms with E-state index in [0.29, 0.717) is 0 Å². The summed E-state index contributed by atoms with van der Waals surface area (Å²) in [5.74, 6) is 1.20. The molecular weight excluding hydrogens is 168 g/mol. The van der Waals surface area contributed by atoms with E-state index in [9.17, 15) is 0 Å². The summed E-state index contributed by atoms with van der Waals surface area (Å²) < 4.78 is 0. The third-order valence-corrected chi connectivity index (χ3v) is 3.07. The molecule has 12 heavy (non-hydrogen) atoms. The molecule has 0 spiro atoms. The summed E-state index contributed by atoms with van der Waals surface area (Å²) in [6, 6.07) is 0.724. The van der Waals surface area contributed by atoms with Crippen molar-refractivity contribution in [2.75, 3.05) is 38.3 Å². The first-order chi connectivity index (χ1) is 5.74. The van der Waals surface area contributed by atoms with Crippen molar-refractivity contribution in [3.05, 3.63) is 0 Å². The molecule has 0 amide bonds. The Bertz CT molecular complexity index is 120. The van der Waals surface area contributed by atoms with Crippen molar-refractivity contribution >= 4 is 11.8 Å². The summed E-state index contributed by atoms with van der Waals surface area (Å²) in [6.07, 6.45) is 2.18. The molecule has 3 heteroatoms. The van der Waals surface area contributed by atoms with Crippen molar-refractivity contribution in [1.82, 2.24) is 9.80 Å². The van der Waals surface area contributed by atoms with E-state index < -0.39 is 0 Å². The summed E-state index contributed by atoms with van der Waals surface area (Å²) in [4.78, 5) is 5.08. The predicted octanol–water partition coefficient (Wildman–Crippen LogP) is 1.33.